The Hall–Kier alpha value is -2.16. The van der Waals surface area contributed by atoms with Crippen LogP contribution in [-0.2, 0) is 4.79 Å². The number of halogens is 2. The number of amides is 1. The first-order chi connectivity index (χ1) is 8.54. The highest BCUT2D eigenvalue weighted by molar-refractivity contribution is 5.81. The molecule has 0 saturated heterocycles. The summed E-state index contributed by atoms with van der Waals surface area (Å²) in [4.78, 5) is 12.6. The fraction of sp³-hybridized carbons (Fsp3) is 0.333. The molecule has 0 heterocycles. The average molecular weight is 253 g/mol. The first-order valence-corrected chi connectivity index (χ1v) is 5.38. The Morgan fingerprint density at radius 1 is 1.44 bits per heavy atom. The summed E-state index contributed by atoms with van der Waals surface area (Å²) >= 11 is 0. The molecule has 0 aliphatic rings. The molecular weight excluding hydrogens is 240 g/mol. The molecule has 0 aromatic heterocycles. The number of anilines is 1. The molecule has 0 aliphatic carbocycles. The Balaban J connectivity index is 3.12. The topological polar surface area (TPSA) is 56.1 Å². The van der Waals surface area contributed by atoms with E-state index in [1.807, 2.05) is 0 Å². The van der Waals surface area contributed by atoms with Crippen LogP contribution < -0.4 is 10.2 Å². The van der Waals surface area contributed by atoms with E-state index >= 15 is 0 Å². The Morgan fingerprint density at radius 3 is 2.61 bits per heavy atom. The fourth-order valence-electron chi connectivity index (χ4n) is 1.49. The molecule has 0 spiro atoms. The SMILES string of the molecule is CCN(CC(=O)NC)c1ccc(C#N)c(F)c1F. The van der Waals surface area contributed by atoms with E-state index in [1.165, 1.54) is 24.1 Å². The molecule has 0 unspecified atom stereocenters. The molecule has 0 saturated carbocycles. The van der Waals surface area contributed by atoms with Gasteiger partial charge in [-0.3, -0.25) is 4.79 Å². The summed E-state index contributed by atoms with van der Waals surface area (Å²) in [5, 5.41) is 11.0. The van der Waals surface area contributed by atoms with Gasteiger partial charge in [0.05, 0.1) is 17.8 Å². The molecule has 1 N–H and O–H groups in total. The third-order valence-electron chi connectivity index (χ3n) is 2.52. The van der Waals surface area contributed by atoms with E-state index < -0.39 is 11.6 Å². The molecule has 1 aromatic rings. The lowest BCUT2D eigenvalue weighted by Gasteiger charge is -2.22. The van der Waals surface area contributed by atoms with E-state index in [9.17, 15) is 13.6 Å². The van der Waals surface area contributed by atoms with Crippen molar-refractivity contribution in [3.63, 3.8) is 0 Å². The second kappa shape index (κ2) is 5.96. The van der Waals surface area contributed by atoms with E-state index in [0.717, 1.165) is 0 Å². The second-order valence-electron chi connectivity index (χ2n) is 3.56. The van der Waals surface area contributed by atoms with Gasteiger partial charge in [0.1, 0.15) is 6.07 Å². The van der Waals surface area contributed by atoms with Crippen LogP contribution in [-0.4, -0.2) is 26.0 Å². The number of carbonyl (C=O) groups excluding carboxylic acids is 1. The van der Waals surface area contributed by atoms with Gasteiger partial charge in [-0.05, 0) is 19.1 Å². The summed E-state index contributed by atoms with van der Waals surface area (Å²) in [7, 11) is 1.46. The summed E-state index contributed by atoms with van der Waals surface area (Å²) in [6.45, 7) is 1.99. The number of likely N-dealkylation sites (N-methyl/N-ethyl adjacent to an activating group) is 2. The zero-order valence-corrected chi connectivity index (χ0v) is 10.1. The third kappa shape index (κ3) is 2.74. The number of hydrogen-bond acceptors (Lipinski definition) is 3. The van der Waals surface area contributed by atoms with Gasteiger partial charge in [0.15, 0.2) is 11.6 Å². The predicted octanol–water partition coefficient (Wildman–Crippen LogP) is 1.41. The normalized spacial score (nSPS) is 9.72. The molecule has 1 amide bonds. The smallest absolute Gasteiger partial charge is 0.239 e. The zero-order valence-electron chi connectivity index (χ0n) is 10.1. The lowest BCUT2D eigenvalue weighted by atomic mass is 10.2. The van der Waals surface area contributed by atoms with Crippen LogP contribution in [0.2, 0.25) is 0 Å². The first-order valence-electron chi connectivity index (χ1n) is 5.38. The number of nitrogens with zero attached hydrogens (tertiary/aromatic N) is 2. The predicted molar refractivity (Wildman–Crippen MR) is 63.0 cm³/mol. The minimum atomic E-state index is -1.19. The molecule has 0 bridgehead atoms. The molecule has 1 aromatic carbocycles. The number of nitrogens with one attached hydrogen (secondary N) is 1. The average Bonchev–Trinajstić information content (AvgIpc) is 2.39. The van der Waals surface area contributed by atoms with Gasteiger partial charge in [0.2, 0.25) is 5.91 Å². The maximum atomic E-state index is 13.7. The number of rotatable bonds is 4. The van der Waals surface area contributed by atoms with Crippen molar-refractivity contribution in [1.29, 1.82) is 5.26 Å². The van der Waals surface area contributed by atoms with Gasteiger partial charge < -0.3 is 10.2 Å². The first kappa shape index (κ1) is 13.9. The van der Waals surface area contributed by atoms with Crippen LogP contribution in [0, 0.1) is 23.0 Å². The monoisotopic (exact) mass is 253 g/mol. The van der Waals surface area contributed by atoms with E-state index in [2.05, 4.69) is 5.32 Å². The van der Waals surface area contributed by atoms with Crippen molar-refractivity contribution in [2.24, 2.45) is 0 Å². The minimum absolute atomic E-state index is 0.0300. The summed E-state index contributed by atoms with van der Waals surface area (Å²) in [6.07, 6.45) is 0. The van der Waals surface area contributed by atoms with Gasteiger partial charge in [-0.1, -0.05) is 0 Å². The number of hydrogen-bond donors (Lipinski definition) is 1. The van der Waals surface area contributed by atoms with Gasteiger partial charge in [-0.15, -0.1) is 0 Å². The molecule has 1 rings (SSSR count). The van der Waals surface area contributed by atoms with Gasteiger partial charge >= 0.3 is 0 Å². The van der Waals surface area contributed by atoms with Crippen LogP contribution in [0.4, 0.5) is 14.5 Å². The summed E-state index contributed by atoms with van der Waals surface area (Å²) in [5.41, 5.74) is -0.384. The largest absolute Gasteiger partial charge is 0.360 e. The molecule has 0 aliphatic heterocycles. The highest BCUT2D eigenvalue weighted by atomic mass is 19.2. The second-order valence-corrected chi connectivity index (χ2v) is 3.56. The number of carbonyl (C=O) groups is 1. The maximum Gasteiger partial charge on any atom is 0.239 e. The van der Waals surface area contributed by atoms with Crippen LogP contribution in [0.1, 0.15) is 12.5 Å². The van der Waals surface area contributed by atoms with E-state index in [1.54, 1.807) is 13.0 Å². The highest BCUT2D eigenvalue weighted by Crippen LogP contribution is 2.23. The standard InChI is InChI=1S/C12H13F2N3O/c1-3-17(7-10(18)16-2)9-5-4-8(6-15)11(13)12(9)14/h4-5H,3,7H2,1-2H3,(H,16,18). The van der Waals surface area contributed by atoms with Crippen molar-refractivity contribution >= 4 is 11.6 Å². The molecule has 6 heteroatoms. The third-order valence-corrected chi connectivity index (χ3v) is 2.52. The lowest BCUT2D eigenvalue weighted by molar-refractivity contribution is -0.119. The van der Waals surface area contributed by atoms with Crippen LogP contribution >= 0.6 is 0 Å². The van der Waals surface area contributed by atoms with Gasteiger partial charge in [0.25, 0.3) is 0 Å². The highest BCUT2D eigenvalue weighted by Gasteiger charge is 2.18. The van der Waals surface area contributed by atoms with Crippen molar-refractivity contribution < 1.29 is 13.6 Å². The molecular formula is C12H13F2N3O. The van der Waals surface area contributed by atoms with E-state index in [0.29, 0.717) is 6.54 Å². The van der Waals surface area contributed by atoms with Crippen molar-refractivity contribution in [3.8, 4) is 6.07 Å². The summed E-state index contributed by atoms with van der Waals surface area (Å²) in [6, 6.07) is 4.05. The van der Waals surface area contributed by atoms with E-state index in [4.69, 9.17) is 5.26 Å². The van der Waals surface area contributed by atoms with Crippen molar-refractivity contribution in [2.45, 2.75) is 6.92 Å². The van der Waals surface area contributed by atoms with Crippen LogP contribution in [0.15, 0.2) is 12.1 Å². The number of benzene rings is 1. The molecule has 0 fully saturated rings. The Kier molecular flexibility index (Phi) is 4.60. The van der Waals surface area contributed by atoms with Crippen molar-refractivity contribution in [3.05, 3.63) is 29.3 Å². The Labute approximate surface area is 104 Å². The summed E-state index contributed by atoms with van der Waals surface area (Å²) in [5.74, 6) is -2.61. The fourth-order valence-corrected chi connectivity index (χ4v) is 1.49. The van der Waals surface area contributed by atoms with Crippen LogP contribution in [0.25, 0.3) is 0 Å². The molecule has 4 nitrogen and oxygen atoms in total. The van der Waals surface area contributed by atoms with Gasteiger partial charge in [0, 0.05) is 13.6 Å². The van der Waals surface area contributed by atoms with E-state index in [-0.39, 0.29) is 23.7 Å². The number of nitriles is 1. The van der Waals surface area contributed by atoms with Crippen LogP contribution in [0.5, 0.6) is 0 Å². The molecule has 0 radical (unpaired) electrons. The maximum absolute atomic E-state index is 13.7. The van der Waals surface area contributed by atoms with Gasteiger partial charge in [-0.25, -0.2) is 8.78 Å². The van der Waals surface area contributed by atoms with Crippen LogP contribution in [0.3, 0.4) is 0 Å². The Morgan fingerprint density at radius 2 is 2.11 bits per heavy atom. The molecule has 96 valence electrons. The molecule has 0 atom stereocenters. The minimum Gasteiger partial charge on any atom is -0.360 e. The van der Waals surface area contributed by atoms with Crippen molar-refractivity contribution in [1.82, 2.24) is 5.32 Å². The quantitative estimate of drug-likeness (QED) is 0.882. The summed E-state index contributed by atoms with van der Waals surface area (Å²) < 4.78 is 27.2. The van der Waals surface area contributed by atoms with Gasteiger partial charge in [-0.2, -0.15) is 5.26 Å². The Bertz CT molecular complexity index is 497. The molecule has 18 heavy (non-hydrogen) atoms. The lowest BCUT2D eigenvalue weighted by Crippen LogP contribution is -2.36. The van der Waals surface area contributed by atoms with Crippen molar-refractivity contribution in [2.75, 3.05) is 25.0 Å². The zero-order chi connectivity index (χ0) is 13.7.